The lowest BCUT2D eigenvalue weighted by molar-refractivity contribution is -0.137. The van der Waals surface area contributed by atoms with Gasteiger partial charge in [-0.15, -0.1) is 0 Å². The van der Waals surface area contributed by atoms with Gasteiger partial charge in [0.05, 0.1) is 0 Å². The summed E-state index contributed by atoms with van der Waals surface area (Å²) in [6, 6.07) is 0. The van der Waals surface area contributed by atoms with Crippen LogP contribution in [0.4, 0.5) is 0 Å². The monoisotopic (exact) mass is 186 g/mol. The molecule has 1 N–H and O–H groups in total. The van der Waals surface area contributed by atoms with Crippen molar-refractivity contribution in [2.75, 3.05) is 0 Å². The van der Waals surface area contributed by atoms with Gasteiger partial charge < -0.3 is 9.90 Å². The lowest BCUT2D eigenvalue weighted by Gasteiger charge is -1.96. The summed E-state index contributed by atoms with van der Waals surface area (Å²) >= 11 is 0. The van der Waals surface area contributed by atoms with Gasteiger partial charge in [-0.3, -0.25) is 9.59 Å². The largest absolute Gasteiger partial charge is 0.481 e. The summed E-state index contributed by atoms with van der Waals surface area (Å²) in [5.41, 5.74) is 0. The van der Waals surface area contributed by atoms with Crippen LogP contribution < -0.4 is 0 Å². The first-order valence-corrected chi connectivity index (χ1v) is 4.25. The van der Waals surface area contributed by atoms with Gasteiger partial charge >= 0.3 is 5.97 Å². The molecular weight excluding hydrogens is 172 g/mol. The van der Waals surface area contributed by atoms with Gasteiger partial charge in [-0.25, -0.2) is 0 Å². The summed E-state index contributed by atoms with van der Waals surface area (Å²) in [5.74, 6) is -0.928. The number of hydrogen-bond donors (Lipinski definition) is 1. The van der Waals surface area contributed by atoms with Crippen LogP contribution in [0.5, 0.6) is 0 Å². The fourth-order valence-corrected chi connectivity index (χ4v) is 0.877. The first kappa shape index (κ1) is 11.8. The predicted molar refractivity (Wildman–Crippen MR) is 46.4 cm³/mol. The maximum Gasteiger partial charge on any atom is 0.303 e. The van der Waals surface area contributed by atoms with E-state index in [0.717, 1.165) is 0 Å². The highest BCUT2D eigenvalue weighted by Gasteiger charge is 2.05. The Morgan fingerprint density at radius 3 is 2.08 bits per heavy atom. The van der Waals surface area contributed by atoms with E-state index in [9.17, 15) is 14.4 Å². The maximum atomic E-state index is 11.0. The molecule has 0 heterocycles. The molecule has 0 bridgehead atoms. The molecule has 0 rings (SSSR count). The van der Waals surface area contributed by atoms with E-state index < -0.39 is 5.97 Å². The second-order valence-electron chi connectivity index (χ2n) is 2.99. The SMILES string of the molecule is CC(=O)CCC(=O)CCCC(=O)O. The molecule has 0 aromatic heterocycles. The van der Waals surface area contributed by atoms with E-state index in [1.165, 1.54) is 6.92 Å². The number of carbonyl (C=O) groups excluding carboxylic acids is 2. The number of carboxylic acid groups (broad SMARTS) is 1. The highest BCUT2D eigenvalue weighted by Crippen LogP contribution is 2.01. The normalized spacial score (nSPS) is 9.62. The van der Waals surface area contributed by atoms with Crippen molar-refractivity contribution in [2.45, 2.75) is 39.0 Å². The summed E-state index contributed by atoms with van der Waals surface area (Å²) < 4.78 is 0. The Kier molecular flexibility index (Phi) is 5.76. The smallest absolute Gasteiger partial charge is 0.303 e. The third-order valence-electron chi connectivity index (χ3n) is 1.60. The zero-order chi connectivity index (χ0) is 10.3. The number of ketones is 2. The Labute approximate surface area is 76.9 Å². The average Bonchev–Trinajstić information content (AvgIpc) is 2.00. The van der Waals surface area contributed by atoms with Gasteiger partial charge in [0.25, 0.3) is 0 Å². The number of aliphatic carboxylic acids is 1. The van der Waals surface area contributed by atoms with Gasteiger partial charge in [0.15, 0.2) is 0 Å². The Morgan fingerprint density at radius 2 is 1.62 bits per heavy atom. The molecule has 74 valence electrons. The summed E-state index contributed by atoms with van der Waals surface area (Å²) in [7, 11) is 0. The van der Waals surface area contributed by atoms with Crippen LogP contribution in [0.15, 0.2) is 0 Å². The van der Waals surface area contributed by atoms with Crippen molar-refractivity contribution < 1.29 is 19.5 Å². The van der Waals surface area contributed by atoms with E-state index in [-0.39, 0.29) is 37.2 Å². The molecule has 0 aromatic rings. The lowest BCUT2D eigenvalue weighted by Crippen LogP contribution is -2.03. The summed E-state index contributed by atoms with van der Waals surface area (Å²) in [6.45, 7) is 1.44. The molecule has 0 saturated heterocycles. The number of rotatable bonds is 7. The number of carbonyl (C=O) groups is 3. The molecule has 0 aromatic carbocycles. The van der Waals surface area contributed by atoms with Crippen molar-refractivity contribution in [2.24, 2.45) is 0 Å². The predicted octanol–water partition coefficient (Wildman–Crippen LogP) is 1.18. The van der Waals surface area contributed by atoms with Crippen molar-refractivity contribution in [1.82, 2.24) is 0 Å². The fraction of sp³-hybridized carbons (Fsp3) is 0.667. The molecule has 0 aliphatic carbocycles. The second-order valence-corrected chi connectivity index (χ2v) is 2.99. The number of hydrogen-bond acceptors (Lipinski definition) is 3. The van der Waals surface area contributed by atoms with Gasteiger partial charge in [0.1, 0.15) is 11.6 Å². The van der Waals surface area contributed by atoms with Crippen LogP contribution in [0.1, 0.15) is 39.0 Å². The quantitative estimate of drug-likeness (QED) is 0.648. The van der Waals surface area contributed by atoms with Crippen LogP contribution in [0.3, 0.4) is 0 Å². The van der Waals surface area contributed by atoms with Crippen LogP contribution in [0.2, 0.25) is 0 Å². The van der Waals surface area contributed by atoms with Crippen molar-refractivity contribution in [3.63, 3.8) is 0 Å². The molecule has 0 fully saturated rings. The van der Waals surface area contributed by atoms with E-state index in [1.807, 2.05) is 0 Å². The Hall–Kier alpha value is -1.19. The zero-order valence-corrected chi connectivity index (χ0v) is 7.71. The van der Waals surface area contributed by atoms with Gasteiger partial charge in [0, 0.05) is 25.7 Å². The minimum atomic E-state index is -0.889. The van der Waals surface area contributed by atoms with Crippen molar-refractivity contribution in [3.05, 3.63) is 0 Å². The number of carboxylic acids is 1. The maximum absolute atomic E-state index is 11.0. The Bertz CT molecular complexity index is 208. The van der Waals surface area contributed by atoms with Crippen LogP contribution in [0.25, 0.3) is 0 Å². The first-order valence-electron chi connectivity index (χ1n) is 4.25. The molecule has 13 heavy (non-hydrogen) atoms. The molecule has 0 aliphatic heterocycles. The lowest BCUT2D eigenvalue weighted by atomic mass is 10.1. The van der Waals surface area contributed by atoms with E-state index in [4.69, 9.17) is 5.11 Å². The fourth-order valence-electron chi connectivity index (χ4n) is 0.877. The van der Waals surface area contributed by atoms with Crippen molar-refractivity contribution in [3.8, 4) is 0 Å². The van der Waals surface area contributed by atoms with Gasteiger partial charge in [-0.05, 0) is 13.3 Å². The third kappa shape index (κ3) is 8.72. The Morgan fingerprint density at radius 1 is 1.00 bits per heavy atom. The topological polar surface area (TPSA) is 71.4 Å². The third-order valence-corrected chi connectivity index (χ3v) is 1.60. The van der Waals surface area contributed by atoms with Crippen LogP contribution in [-0.2, 0) is 14.4 Å². The number of Topliss-reactive ketones (excluding diaryl/α,β-unsaturated/α-hetero) is 2. The van der Waals surface area contributed by atoms with Crippen LogP contribution in [0, 0.1) is 0 Å². The highest BCUT2D eigenvalue weighted by molar-refractivity contribution is 5.84. The average molecular weight is 186 g/mol. The first-order chi connectivity index (χ1) is 6.02. The molecule has 0 amide bonds. The highest BCUT2D eigenvalue weighted by atomic mass is 16.4. The van der Waals surface area contributed by atoms with Gasteiger partial charge in [-0.1, -0.05) is 0 Å². The van der Waals surface area contributed by atoms with E-state index >= 15 is 0 Å². The van der Waals surface area contributed by atoms with E-state index in [2.05, 4.69) is 0 Å². The van der Waals surface area contributed by atoms with Crippen molar-refractivity contribution in [1.29, 1.82) is 0 Å². The summed E-state index contributed by atoms with van der Waals surface area (Å²) in [4.78, 5) is 31.5. The minimum absolute atomic E-state index is 0.00779. The minimum Gasteiger partial charge on any atom is -0.481 e. The molecular formula is C9H14O4. The molecule has 0 spiro atoms. The van der Waals surface area contributed by atoms with Crippen LogP contribution in [-0.4, -0.2) is 22.6 Å². The van der Waals surface area contributed by atoms with Gasteiger partial charge in [0.2, 0.25) is 0 Å². The molecule has 0 aliphatic rings. The van der Waals surface area contributed by atoms with Crippen molar-refractivity contribution >= 4 is 17.5 Å². The molecule has 0 atom stereocenters. The van der Waals surface area contributed by atoms with E-state index in [0.29, 0.717) is 6.42 Å². The Balaban J connectivity index is 3.41. The molecule has 4 heteroatoms. The van der Waals surface area contributed by atoms with Crippen LogP contribution >= 0.6 is 0 Å². The zero-order valence-electron chi connectivity index (χ0n) is 7.71. The standard InChI is InChI=1S/C9H14O4/c1-7(10)5-6-8(11)3-2-4-9(12)13/h2-6H2,1H3,(H,12,13). The molecule has 0 saturated carbocycles. The molecule has 0 radical (unpaired) electrons. The summed E-state index contributed by atoms with van der Waals surface area (Å²) in [5, 5.41) is 8.28. The molecule has 4 nitrogen and oxygen atoms in total. The van der Waals surface area contributed by atoms with E-state index in [1.54, 1.807) is 0 Å². The second kappa shape index (κ2) is 6.34. The molecule has 0 unspecified atom stereocenters. The summed E-state index contributed by atoms with van der Waals surface area (Å²) in [6.07, 6.45) is 1.16. The van der Waals surface area contributed by atoms with Gasteiger partial charge in [-0.2, -0.15) is 0 Å².